The molecule has 30 heavy (non-hydrogen) atoms. The molecule has 0 aromatic heterocycles. The molecule has 1 aliphatic heterocycles. The van der Waals surface area contributed by atoms with Gasteiger partial charge in [0.15, 0.2) is 11.5 Å². The average Bonchev–Trinajstić information content (AvgIpc) is 2.76. The zero-order valence-corrected chi connectivity index (χ0v) is 17.7. The van der Waals surface area contributed by atoms with Crippen LogP contribution in [0, 0.1) is 0 Å². The number of hydrogen-bond acceptors (Lipinski definition) is 6. The largest absolute Gasteiger partial charge is 0.497 e. The molecule has 1 aliphatic rings. The molecule has 0 bridgehead atoms. The number of fused-ring (bicyclic) bond motifs is 1. The minimum Gasteiger partial charge on any atom is -0.497 e. The number of carbonyl (C=O) groups is 1. The summed E-state index contributed by atoms with van der Waals surface area (Å²) in [5.74, 6) is 1.58. The molecule has 0 unspecified atom stereocenters. The summed E-state index contributed by atoms with van der Waals surface area (Å²) in [7, 11) is -2.05. The number of unbranched alkanes of at least 4 members (excludes halogenated alkanes) is 2. The van der Waals surface area contributed by atoms with Gasteiger partial charge in [0.05, 0.1) is 12.0 Å². The second-order valence-electron chi connectivity index (χ2n) is 6.79. The standard InChI is InChI=1S/C21H26N2O6S/c1-27-17-7-5-6-16(14-17)23-21(24)8-3-2-4-11-22-30(25,26)18-9-10-19-20(15-18)29-13-12-28-19/h5-7,9-10,14-15,22H,2-4,8,11-13H2,1H3,(H,23,24). The second kappa shape index (κ2) is 10.3. The van der Waals surface area contributed by atoms with Gasteiger partial charge in [-0.15, -0.1) is 0 Å². The van der Waals surface area contributed by atoms with Gasteiger partial charge in [-0.05, 0) is 37.1 Å². The van der Waals surface area contributed by atoms with E-state index in [0.717, 1.165) is 6.42 Å². The maximum absolute atomic E-state index is 12.4. The number of amides is 1. The lowest BCUT2D eigenvalue weighted by atomic mass is 10.2. The molecule has 1 heterocycles. The number of ether oxygens (including phenoxy) is 3. The van der Waals surface area contributed by atoms with E-state index in [1.54, 1.807) is 25.3 Å². The maximum atomic E-state index is 12.4. The molecule has 2 N–H and O–H groups in total. The third kappa shape index (κ3) is 6.11. The summed E-state index contributed by atoms with van der Waals surface area (Å²) in [4.78, 5) is 12.2. The molecule has 1 amide bonds. The van der Waals surface area contributed by atoms with E-state index >= 15 is 0 Å². The van der Waals surface area contributed by atoms with Gasteiger partial charge in [0.1, 0.15) is 19.0 Å². The number of benzene rings is 2. The predicted molar refractivity (Wildman–Crippen MR) is 113 cm³/mol. The zero-order valence-electron chi connectivity index (χ0n) is 16.8. The number of sulfonamides is 1. The Labute approximate surface area is 176 Å². The fourth-order valence-electron chi connectivity index (χ4n) is 2.99. The SMILES string of the molecule is COc1cccc(NC(=O)CCCCCNS(=O)(=O)c2ccc3c(c2)OCCO3)c1. The molecule has 0 saturated carbocycles. The van der Waals surface area contributed by atoms with Crippen LogP contribution in [0.3, 0.4) is 0 Å². The summed E-state index contributed by atoms with van der Waals surface area (Å²) in [6, 6.07) is 11.7. The fourth-order valence-corrected chi connectivity index (χ4v) is 4.08. The van der Waals surface area contributed by atoms with Gasteiger partial charge in [0, 0.05) is 30.8 Å². The summed E-state index contributed by atoms with van der Waals surface area (Å²) >= 11 is 0. The summed E-state index contributed by atoms with van der Waals surface area (Å²) in [5, 5.41) is 2.83. The average molecular weight is 435 g/mol. The van der Waals surface area contributed by atoms with Gasteiger partial charge >= 0.3 is 0 Å². The summed E-state index contributed by atoms with van der Waals surface area (Å²) in [6.07, 6.45) is 2.40. The van der Waals surface area contributed by atoms with Crippen LogP contribution in [0.25, 0.3) is 0 Å². The number of anilines is 1. The first-order chi connectivity index (χ1) is 14.5. The van der Waals surface area contributed by atoms with E-state index in [1.807, 2.05) is 12.1 Å². The highest BCUT2D eigenvalue weighted by atomic mass is 32.2. The van der Waals surface area contributed by atoms with Gasteiger partial charge < -0.3 is 19.5 Å². The molecule has 8 nitrogen and oxygen atoms in total. The van der Waals surface area contributed by atoms with Crippen molar-refractivity contribution in [3.8, 4) is 17.2 Å². The van der Waals surface area contributed by atoms with E-state index in [2.05, 4.69) is 10.0 Å². The van der Waals surface area contributed by atoms with Crippen molar-refractivity contribution in [2.24, 2.45) is 0 Å². The van der Waals surface area contributed by atoms with Crippen LogP contribution in [0.4, 0.5) is 5.69 Å². The molecule has 3 rings (SSSR count). The minimum atomic E-state index is -3.62. The van der Waals surface area contributed by atoms with E-state index in [-0.39, 0.29) is 10.8 Å². The Balaban J connectivity index is 1.37. The molecule has 162 valence electrons. The Bertz CT molecular complexity index is 977. The molecule has 0 fully saturated rings. The highest BCUT2D eigenvalue weighted by Gasteiger charge is 2.18. The Kier molecular flexibility index (Phi) is 7.53. The summed E-state index contributed by atoms with van der Waals surface area (Å²) in [5.41, 5.74) is 0.687. The Hall–Kier alpha value is -2.78. The van der Waals surface area contributed by atoms with Crippen molar-refractivity contribution in [2.45, 2.75) is 30.6 Å². The molecule has 0 spiro atoms. The molecular formula is C21H26N2O6S. The lowest BCUT2D eigenvalue weighted by Gasteiger charge is -2.18. The van der Waals surface area contributed by atoms with Crippen LogP contribution < -0.4 is 24.2 Å². The van der Waals surface area contributed by atoms with E-state index in [4.69, 9.17) is 14.2 Å². The smallest absolute Gasteiger partial charge is 0.240 e. The van der Waals surface area contributed by atoms with Crippen LogP contribution in [0.15, 0.2) is 47.4 Å². The van der Waals surface area contributed by atoms with Gasteiger partial charge in [0.2, 0.25) is 15.9 Å². The predicted octanol–water partition coefficient (Wildman–Crippen LogP) is 2.94. The molecular weight excluding hydrogens is 408 g/mol. The first-order valence-electron chi connectivity index (χ1n) is 9.81. The highest BCUT2D eigenvalue weighted by Crippen LogP contribution is 2.32. The van der Waals surface area contributed by atoms with Crippen LogP contribution >= 0.6 is 0 Å². The second-order valence-corrected chi connectivity index (χ2v) is 8.56. The molecule has 2 aromatic rings. The van der Waals surface area contributed by atoms with Gasteiger partial charge in [-0.2, -0.15) is 0 Å². The van der Waals surface area contributed by atoms with Gasteiger partial charge in [-0.25, -0.2) is 13.1 Å². The van der Waals surface area contributed by atoms with Crippen molar-refractivity contribution >= 4 is 21.6 Å². The van der Waals surface area contributed by atoms with E-state index in [1.165, 1.54) is 12.1 Å². The van der Waals surface area contributed by atoms with Crippen LogP contribution in [-0.2, 0) is 14.8 Å². The maximum Gasteiger partial charge on any atom is 0.240 e. The van der Waals surface area contributed by atoms with Gasteiger partial charge in [-0.3, -0.25) is 4.79 Å². The van der Waals surface area contributed by atoms with E-state index < -0.39 is 10.0 Å². The van der Waals surface area contributed by atoms with Gasteiger partial charge in [0.25, 0.3) is 0 Å². The van der Waals surface area contributed by atoms with Crippen LogP contribution in [0.2, 0.25) is 0 Å². The molecule has 0 aliphatic carbocycles. The fraction of sp³-hybridized carbons (Fsp3) is 0.381. The monoisotopic (exact) mass is 434 g/mol. The van der Waals surface area contributed by atoms with Crippen molar-refractivity contribution in [1.82, 2.24) is 4.72 Å². The van der Waals surface area contributed by atoms with Crippen LogP contribution in [0.1, 0.15) is 25.7 Å². The third-order valence-electron chi connectivity index (χ3n) is 4.55. The van der Waals surface area contributed by atoms with Crippen molar-refractivity contribution in [3.05, 3.63) is 42.5 Å². The first kappa shape index (κ1) is 21.9. The molecule has 9 heteroatoms. The lowest BCUT2D eigenvalue weighted by molar-refractivity contribution is -0.116. The first-order valence-corrected chi connectivity index (χ1v) is 11.3. The van der Waals surface area contributed by atoms with Crippen molar-refractivity contribution in [3.63, 3.8) is 0 Å². The number of carbonyl (C=O) groups excluding carboxylic acids is 1. The molecule has 2 aromatic carbocycles. The molecule has 0 saturated heterocycles. The zero-order chi connectivity index (χ0) is 21.4. The number of nitrogens with one attached hydrogen (secondary N) is 2. The third-order valence-corrected chi connectivity index (χ3v) is 6.01. The Morgan fingerprint density at radius 2 is 1.83 bits per heavy atom. The highest BCUT2D eigenvalue weighted by molar-refractivity contribution is 7.89. The normalized spacial score (nSPS) is 13.0. The number of rotatable bonds is 10. The number of methoxy groups -OCH3 is 1. The van der Waals surface area contributed by atoms with E-state index in [9.17, 15) is 13.2 Å². The quantitative estimate of drug-likeness (QED) is 0.558. The summed E-state index contributed by atoms with van der Waals surface area (Å²) in [6.45, 7) is 1.15. The molecule has 0 radical (unpaired) electrons. The van der Waals surface area contributed by atoms with Crippen molar-refractivity contribution in [2.75, 3.05) is 32.2 Å². The Morgan fingerprint density at radius 3 is 2.63 bits per heavy atom. The lowest BCUT2D eigenvalue weighted by Crippen LogP contribution is -2.25. The topological polar surface area (TPSA) is 103 Å². The number of hydrogen-bond donors (Lipinski definition) is 2. The van der Waals surface area contributed by atoms with Gasteiger partial charge in [-0.1, -0.05) is 12.5 Å². The summed E-state index contributed by atoms with van der Waals surface area (Å²) < 4.78 is 43.4. The van der Waals surface area contributed by atoms with E-state index in [0.29, 0.717) is 62.0 Å². The van der Waals surface area contributed by atoms with Crippen LogP contribution in [0.5, 0.6) is 17.2 Å². The van der Waals surface area contributed by atoms with Crippen LogP contribution in [-0.4, -0.2) is 41.2 Å². The Morgan fingerprint density at radius 1 is 1.03 bits per heavy atom. The van der Waals surface area contributed by atoms with Crippen molar-refractivity contribution < 1.29 is 27.4 Å². The van der Waals surface area contributed by atoms with Crippen molar-refractivity contribution in [1.29, 1.82) is 0 Å². The molecule has 0 atom stereocenters. The minimum absolute atomic E-state index is 0.0832.